The van der Waals surface area contributed by atoms with E-state index in [0.717, 1.165) is 32.7 Å². The summed E-state index contributed by atoms with van der Waals surface area (Å²) in [4.78, 5) is 2.49. The van der Waals surface area contributed by atoms with E-state index < -0.39 is 0 Å². The highest BCUT2D eigenvalue weighted by molar-refractivity contribution is 4.67. The molecule has 0 aliphatic carbocycles. The van der Waals surface area contributed by atoms with Crippen molar-refractivity contribution < 1.29 is 4.74 Å². The van der Waals surface area contributed by atoms with Crippen LogP contribution in [0.1, 0.15) is 34.1 Å². The van der Waals surface area contributed by atoms with E-state index in [4.69, 9.17) is 4.74 Å². The van der Waals surface area contributed by atoms with Gasteiger partial charge in [-0.1, -0.05) is 20.8 Å². The van der Waals surface area contributed by atoms with Crippen LogP contribution in [0.4, 0.5) is 0 Å². The Balaban J connectivity index is 3.69. The molecular weight excluding hydrogens is 188 g/mol. The fourth-order valence-corrected chi connectivity index (χ4v) is 1.66. The van der Waals surface area contributed by atoms with Crippen LogP contribution in [0.3, 0.4) is 0 Å². The highest BCUT2D eigenvalue weighted by atomic mass is 16.5. The Labute approximate surface area is 95.2 Å². The first-order valence-electron chi connectivity index (χ1n) is 6.08. The largest absolute Gasteiger partial charge is 0.385 e. The highest BCUT2D eigenvalue weighted by Gasteiger charge is 2.10. The van der Waals surface area contributed by atoms with Gasteiger partial charge in [-0.05, 0) is 19.9 Å². The molecule has 0 spiro atoms. The number of ether oxygens (including phenoxy) is 1. The van der Waals surface area contributed by atoms with Crippen molar-refractivity contribution in [2.75, 3.05) is 33.4 Å². The molecule has 15 heavy (non-hydrogen) atoms. The van der Waals surface area contributed by atoms with Crippen molar-refractivity contribution in [1.29, 1.82) is 0 Å². The number of nitrogens with one attached hydrogen (secondary N) is 1. The van der Waals surface area contributed by atoms with Gasteiger partial charge in [-0.15, -0.1) is 0 Å². The van der Waals surface area contributed by atoms with E-state index in [-0.39, 0.29) is 0 Å². The lowest BCUT2D eigenvalue weighted by atomic mass is 10.2. The number of rotatable bonds is 9. The van der Waals surface area contributed by atoms with Gasteiger partial charge in [0.1, 0.15) is 0 Å². The van der Waals surface area contributed by atoms with Gasteiger partial charge in [0.05, 0.1) is 0 Å². The maximum Gasteiger partial charge on any atom is 0.0477 e. The fraction of sp³-hybridized carbons (Fsp3) is 1.00. The summed E-state index contributed by atoms with van der Waals surface area (Å²) in [6.45, 7) is 13.0. The predicted molar refractivity (Wildman–Crippen MR) is 66.3 cm³/mol. The molecule has 0 aromatic rings. The molecule has 0 saturated heterocycles. The van der Waals surface area contributed by atoms with Crippen LogP contribution in [0.15, 0.2) is 0 Å². The summed E-state index contributed by atoms with van der Waals surface area (Å²) < 4.78 is 5.11. The molecule has 92 valence electrons. The van der Waals surface area contributed by atoms with Gasteiger partial charge >= 0.3 is 0 Å². The normalized spacial score (nSPS) is 13.8. The quantitative estimate of drug-likeness (QED) is 0.635. The van der Waals surface area contributed by atoms with Crippen molar-refractivity contribution in [2.24, 2.45) is 0 Å². The van der Waals surface area contributed by atoms with Gasteiger partial charge in [0, 0.05) is 38.9 Å². The Kier molecular flexibility index (Phi) is 9.06. The molecule has 1 atom stereocenters. The first-order valence-corrected chi connectivity index (χ1v) is 6.08. The second kappa shape index (κ2) is 9.13. The van der Waals surface area contributed by atoms with Crippen LogP contribution in [0.25, 0.3) is 0 Å². The molecule has 0 bridgehead atoms. The second-order valence-electron chi connectivity index (χ2n) is 4.37. The molecule has 0 aliphatic rings. The van der Waals surface area contributed by atoms with Gasteiger partial charge in [0.2, 0.25) is 0 Å². The average Bonchev–Trinajstić information content (AvgIpc) is 2.20. The molecule has 1 unspecified atom stereocenters. The third-order valence-electron chi connectivity index (χ3n) is 2.72. The Hall–Kier alpha value is -0.120. The van der Waals surface area contributed by atoms with Crippen molar-refractivity contribution in [2.45, 2.75) is 46.2 Å². The third-order valence-corrected chi connectivity index (χ3v) is 2.72. The predicted octanol–water partition coefficient (Wildman–Crippen LogP) is 1.73. The smallest absolute Gasteiger partial charge is 0.0477 e. The lowest BCUT2D eigenvalue weighted by molar-refractivity contribution is 0.141. The maximum atomic E-state index is 5.11. The van der Waals surface area contributed by atoms with Gasteiger partial charge in [-0.2, -0.15) is 0 Å². The molecule has 0 radical (unpaired) electrons. The summed E-state index contributed by atoms with van der Waals surface area (Å²) in [6.07, 6.45) is 1.12. The van der Waals surface area contributed by atoms with E-state index in [1.165, 1.54) is 0 Å². The number of hydrogen-bond donors (Lipinski definition) is 1. The van der Waals surface area contributed by atoms with Crippen LogP contribution >= 0.6 is 0 Å². The molecule has 1 N–H and O–H groups in total. The minimum Gasteiger partial charge on any atom is -0.385 e. The molecule has 0 aromatic carbocycles. The second-order valence-corrected chi connectivity index (χ2v) is 4.37. The molecule has 0 fully saturated rings. The van der Waals surface area contributed by atoms with Crippen molar-refractivity contribution >= 4 is 0 Å². The number of nitrogens with zero attached hydrogens (tertiary/aromatic N) is 1. The monoisotopic (exact) mass is 216 g/mol. The van der Waals surface area contributed by atoms with Crippen LogP contribution in [0, 0.1) is 0 Å². The Morgan fingerprint density at radius 2 is 1.93 bits per heavy atom. The van der Waals surface area contributed by atoms with Crippen molar-refractivity contribution in [3.05, 3.63) is 0 Å². The summed E-state index contributed by atoms with van der Waals surface area (Å²) in [6, 6.07) is 1.20. The van der Waals surface area contributed by atoms with Crippen LogP contribution in [0.5, 0.6) is 0 Å². The first-order chi connectivity index (χ1) is 7.11. The minimum absolute atomic E-state index is 0.581. The number of hydrogen-bond acceptors (Lipinski definition) is 3. The van der Waals surface area contributed by atoms with E-state index in [2.05, 4.69) is 37.9 Å². The van der Waals surface area contributed by atoms with Gasteiger partial charge in [0.15, 0.2) is 0 Å². The average molecular weight is 216 g/mol. The number of likely N-dealkylation sites (N-methyl/N-ethyl adjacent to an activating group) is 1. The molecule has 0 amide bonds. The van der Waals surface area contributed by atoms with Crippen LogP contribution in [-0.2, 0) is 4.74 Å². The Morgan fingerprint density at radius 3 is 2.40 bits per heavy atom. The Morgan fingerprint density at radius 1 is 1.27 bits per heavy atom. The summed E-state index contributed by atoms with van der Waals surface area (Å²) in [5.74, 6) is 0. The summed E-state index contributed by atoms with van der Waals surface area (Å²) >= 11 is 0. The van der Waals surface area contributed by atoms with Crippen LogP contribution in [-0.4, -0.2) is 50.3 Å². The topological polar surface area (TPSA) is 24.5 Å². The van der Waals surface area contributed by atoms with Crippen LogP contribution in [0.2, 0.25) is 0 Å². The lowest BCUT2D eigenvalue weighted by Gasteiger charge is -2.28. The summed E-state index contributed by atoms with van der Waals surface area (Å²) in [5.41, 5.74) is 0. The molecule has 0 aliphatic heterocycles. The molecule has 3 nitrogen and oxygen atoms in total. The van der Waals surface area contributed by atoms with Gasteiger partial charge in [0.25, 0.3) is 0 Å². The van der Waals surface area contributed by atoms with E-state index in [1.54, 1.807) is 7.11 Å². The van der Waals surface area contributed by atoms with E-state index in [9.17, 15) is 0 Å². The lowest BCUT2D eigenvalue weighted by Crippen LogP contribution is -2.40. The summed E-state index contributed by atoms with van der Waals surface area (Å²) in [7, 11) is 1.77. The minimum atomic E-state index is 0.581. The van der Waals surface area contributed by atoms with E-state index in [1.807, 2.05) is 0 Å². The molecular formula is C12H28N2O. The first kappa shape index (κ1) is 14.9. The van der Waals surface area contributed by atoms with Gasteiger partial charge in [-0.3, -0.25) is 4.90 Å². The SMILES string of the molecule is CCN(CCNC(C)C)C(C)CCOC. The zero-order chi connectivity index (χ0) is 11.7. The van der Waals surface area contributed by atoms with Gasteiger partial charge < -0.3 is 10.1 Å². The summed E-state index contributed by atoms with van der Waals surface area (Å²) in [5, 5.41) is 3.45. The molecule has 0 heterocycles. The van der Waals surface area contributed by atoms with Gasteiger partial charge in [-0.25, -0.2) is 0 Å². The van der Waals surface area contributed by atoms with Crippen LogP contribution < -0.4 is 5.32 Å². The molecule has 3 heteroatoms. The molecule has 0 rings (SSSR count). The standard InChI is InChI=1S/C12H28N2O/c1-6-14(9-8-13-11(2)3)12(4)7-10-15-5/h11-13H,6-10H2,1-5H3. The molecule has 0 saturated carbocycles. The van der Waals surface area contributed by atoms with Crippen molar-refractivity contribution in [3.8, 4) is 0 Å². The number of methoxy groups -OCH3 is 1. The third kappa shape index (κ3) is 7.77. The zero-order valence-corrected chi connectivity index (χ0v) is 11.0. The van der Waals surface area contributed by atoms with E-state index in [0.29, 0.717) is 12.1 Å². The molecule has 0 aromatic heterocycles. The fourth-order valence-electron chi connectivity index (χ4n) is 1.66. The van der Waals surface area contributed by atoms with Crippen molar-refractivity contribution in [3.63, 3.8) is 0 Å². The van der Waals surface area contributed by atoms with E-state index >= 15 is 0 Å². The van der Waals surface area contributed by atoms with Crippen molar-refractivity contribution in [1.82, 2.24) is 10.2 Å². The highest BCUT2D eigenvalue weighted by Crippen LogP contribution is 2.02. The zero-order valence-electron chi connectivity index (χ0n) is 11.0. The maximum absolute atomic E-state index is 5.11. The Bertz CT molecular complexity index is 140.